The van der Waals surface area contributed by atoms with Crippen molar-refractivity contribution in [1.29, 1.82) is 0 Å². The molecule has 0 aromatic carbocycles. The quantitative estimate of drug-likeness (QED) is 0.621. The molecule has 1 aliphatic rings. The lowest BCUT2D eigenvalue weighted by molar-refractivity contribution is -0.123. The molecule has 2 atom stereocenters. The molecule has 3 N–H and O–H groups in total. The van der Waals surface area contributed by atoms with Crippen molar-refractivity contribution in [2.45, 2.75) is 46.1 Å². The summed E-state index contributed by atoms with van der Waals surface area (Å²) in [6, 6.07) is -0.364. The number of hydrogen-bond acceptors (Lipinski definition) is 4. The van der Waals surface area contributed by atoms with Gasteiger partial charge in [0.05, 0.1) is 6.04 Å². The summed E-state index contributed by atoms with van der Waals surface area (Å²) in [6.07, 6.45) is 3.12. The molecular formula is C16H34N4O. The minimum atomic E-state index is -0.364. The molecule has 1 fully saturated rings. The molecule has 0 spiro atoms. The Balaban J connectivity index is 2.03. The van der Waals surface area contributed by atoms with E-state index in [2.05, 4.69) is 29.0 Å². The van der Waals surface area contributed by atoms with Gasteiger partial charge in [-0.3, -0.25) is 4.79 Å². The number of nitrogens with two attached hydrogens (primary N) is 1. The summed E-state index contributed by atoms with van der Waals surface area (Å²) < 4.78 is 0. The Morgan fingerprint density at radius 1 is 1.14 bits per heavy atom. The first-order valence-electron chi connectivity index (χ1n) is 8.56. The maximum atomic E-state index is 11.8. The van der Waals surface area contributed by atoms with Gasteiger partial charge in [0, 0.05) is 32.7 Å². The number of amides is 1. The van der Waals surface area contributed by atoms with Crippen LogP contribution in [-0.2, 0) is 4.79 Å². The summed E-state index contributed by atoms with van der Waals surface area (Å²) >= 11 is 0. The fourth-order valence-electron chi connectivity index (χ4n) is 2.63. The monoisotopic (exact) mass is 298 g/mol. The predicted octanol–water partition coefficient (Wildman–Crippen LogP) is 0.894. The number of carbonyl (C=O) groups excluding carboxylic acids is 1. The van der Waals surface area contributed by atoms with Crippen LogP contribution >= 0.6 is 0 Å². The minimum absolute atomic E-state index is 0.000843. The molecule has 1 saturated heterocycles. The van der Waals surface area contributed by atoms with E-state index in [1.807, 2.05) is 6.92 Å². The molecule has 0 bridgehead atoms. The molecule has 0 saturated carbocycles. The van der Waals surface area contributed by atoms with Gasteiger partial charge in [0.2, 0.25) is 5.91 Å². The van der Waals surface area contributed by atoms with Crippen molar-refractivity contribution in [1.82, 2.24) is 15.1 Å². The van der Waals surface area contributed by atoms with Crippen LogP contribution in [0.3, 0.4) is 0 Å². The Bertz CT molecular complexity index is 290. The van der Waals surface area contributed by atoms with Crippen molar-refractivity contribution >= 4 is 5.91 Å². The van der Waals surface area contributed by atoms with Gasteiger partial charge in [-0.05, 0) is 31.8 Å². The lowest BCUT2D eigenvalue weighted by atomic mass is 9.99. The van der Waals surface area contributed by atoms with Gasteiger partial charge in [0.25, 0.3) is 0 Å². The fraction of sp³-hybridized carbons (Fsp3) is 0.938. The average Bonchev–Trinajstić information content (AvgIpc) is 2.53. The molecule has 1 aliphatic heterocycles. The summed E-state index contributed by atoms with van der Waals surface area (Å²) in [6.45, 7) is 14.1. The molecular weight excluding hydrogens is 264 g/mol. The van der Waals surface area contributed by atoms with E-state index >= 15 is 0 Å². The van der Waals surface area contributed by atoms with Crippen molar-refractivity contribution in [3.05, 3.63) is 0 Å². The Morgan fingerprint density at radius 2 is 1.76 bits per heavy atom. The van der Waals surface area contributed by atoms with Gasteiger partial charge >= 0.3 is 0 Å². The number of likely N-dealkylation sites (N-methyl/N-ethyl adjacent to an activating group) is 1. The topological polar surface area (TPSA) is 61.6 Å². The minimum Gasteiger partial charge on any atom is -0.355 e. The number of nitrogens with one attached hydrogen (secondary N) is 1. The van der Waals surface area contributed by atoms with E-state index in [4.69, 9.17) is 5.73 Å². The van der Waals surface area contributed by atoms with Crippen LogP contribution < -0.4 is 11.1 Å². The SMILES string of the molecule is CCC(C)C(N)C(=O)NCCCCN1CCN(CC)CC1. The average molecular weight is 298 g/mol. The predicted molar refractivity (Wildman–Crippen MR) is 88.2 cm³/mol. The maximum absolute atomic E-state index is 11.8. The van der Waals surface area contributed by atoms with Crippen LogP contribution in [0, 0.1) is 5.92 Å². The third-order valence-corrected chi connectivity index (χ3v) is 4.67. The Labute approximate surface area is 130 Å². The van der Waals surface area contributed by atoms with Gasteiger partial charge in [-0.25, -0.2) is 0 Å². The van der Waals surface area contributed by atoms with Gasteiger partial charge in [-0.1, -0.05) is 27.2 Å². The molecule has 0 radical (unpaired) electrons. The van der Waals surface area contributed by atoms with E-state index in [9.17, 15) is 4.79 Å². The van der Waals surface area contributed by atoms with Crippen LogP contribution in [0.15, 0.2) is 0 Å². The van der Waals surface area contributed by atoms with Crippen LogP contribution in [0.2, 0.25) is 0 Å². The fourth-order valence-corrected chi connectivity index (χ4v) is 2.63. The highest BCUT2D eigenvalue weighted by molar-refractivity contribution is 5.81. The molecule has 2 unspecified atom stereocenters. The third kappa shape index (κ3) is 6.76. The lowest BCUT2D eigenvalue weighted by Gasteiger charge is -2.34. The maximum Gasteiger partial charge on any atom is 0.237 e. The summed E-state index contributed by atoms with van der Waals surface area (Å²) in [5, 5.41) is 2.96. The van der Waals surface area contributed by atoms with Gasteiger partial charge in [0.15, 0.2) is 0 Å². The van der Waals surface area contributed by atoms with Crippen LogP contribution in [0.1, 0.15) is 40.0 Å². The number of carbonyl (C=O) groups is 1. The molecule has 1 rings (SSSR count). The Morgan fingerprint density at radius 3 is 2.33 bits per heavy atom. The zero-order valence-corrected chi connectivity index (χ0v) is 14.1. The van der Waals surface area contributed by atoms with Crippen molar-refractivity contribution in [3.8, 4) is 0 Å². The first-order valence-corrected chi connectivity index (χ1v) is 8.56. The highest BCUT2D eigenvalue weighted by Gasteiger charge is 2.18. The summed E-state index contributed by atoms with van der Waals surface area (Å²) in [5.74, 6) is 0.251. The Hall–Kier alpha value is -0.650. The lowest BCUT2D eigenvalue weighted by Crippen LogP contribution is -2.46. The van der Waals surface area contributed by atoms with Crippen molar-refractivity contribution < 1.29 is 4.79 Å². The number of hydrogen-bond donors (Lipinski definition) is 2. The number of nitrogens with zero attached hydrogens (tertiary/aromatic N) is 2. The third-order valence-electron chi connectivity index (χ3n) is 4.67. The normalized spacial score (nSPS) is 20.2. The molecule has 0 aromatic heterocycles. The van der Waals surface area contributed by atoms with Crippen LogP contribution in [0.4, 0.5) is 0 Å². The molecule has 5 nitrogen and oxygen atoms in total. The van der Waals surface area contributed by atoms with Crippen LogP contribution in [0.5, 0.6) is 0 Å². The van der Waals surface area contributed by atoms with E-state index in [0.717, 1.165) is 38.9 Å². The van der Waals surface area contributed by atoms with Crippen molar-refractivity contribution in [2.75, 3.05) is 45.8 Å². The highest BCUT2D eigenvalue weighted by Crippen LogP contribution is 2.05. The standard InChI is InChI=1S/C16H34N4O/c1-4-14(3)15(17)16(21)18-8-6-7-9-20-12-10-19(5-2)11-13-20/h14-15H,4-13,17H2,1-3H3,(H,18,21). The van der Waals surface area contributed by atoms with E-state index in [0.29, 0.717) is 0 Å². The van der Waals surface area contributed by atoms with E-state index in [1.54, 1.807) is 0 Å². The van der Waals surface area contributed by atoms with Crippen LogP contribution in [0.25, 0.3) is 0 Å². The molecule has 1 amide bonds. The van der Waals surface area contributed by atoms with E-state index in [-0.39, 0.29) is 17.9 Å². The smallest absolute Gasteiger partial charge is 0.237 e. The molecule has 1 heterocycles. The summed E-state index contributed by atoms with van der Waals surface area (Å²) in [5.41, 5.74) is 5.90. The second-order valence-electron chi connectivity index (χ2n) is 6.19. The van der Waals surface area contributed by atoms with E-state index in [1.165, 1.54) is 26.2 Å². The molecule has 124 valence electrons. The number of piperazine rings is 1. The molecule has 0 aromatic rings. The molecule has 0 aliphatic carbocycles. The number of rotatable bonds is 9. The van der Waals surface area contributed by atoms with Crippen molar-refractivity contribution in [3.63, 3.8) is 0 Å². The van der Waals surface area contributed by atoms with Crippen molar-refractivity contribution in [2.24, 2.45) is 11.7 Å². The zero-order chi connectivity index (χ0) is 15.7. The first-order chi connectivity index (χ1) is 10.1. The summed E-state index contributed by atoms with van der Waals surface area (Å²) in [4.78, 5) is 16.8. The second kappa shape index (κ2) is 10.1. The summed E-state index contributed by atoms with van der Waals surface area (Å²) in [7, 11) is 0. The van der Waals surface area contributed by atoms with Crippen LogP contribution in [-0.4, -0.2) is 67.6 Å². The first kappa shape index (κ1) is 18.4. The highest BCUT2D eigenvalue weighted by atomic mass is 16.2. The zero-order valence-electron chi connectivity index (χ0n) is 14.1. The molecule has 5 heteroatoms. The Kier molecular flexibility index (Phi) is 8.88. The second-order valence-corrected chi connectivity index (χ2v) is 6.19. The van der Waals surface area contributed by atoms with Gasteiger partial charge in [-0.15, -0.1) is 0 Å². The van der Waals surface area contributed by atoms with Gasteiger partial charge in [-0.2, -0.15) is 0 Å². The van der Waals surface area contributed by atoms with Gasteiger partial charge < -0.3 is 20.9 Å². The molecule has 21 heavy (non-hydrogen) atoms. The van der Waals surface area contributed by atoms with Gasteiger partial charge in [0.1, 0.15) is 0 Å². The number of unbranched alkanes of at least 4 members (excludes halogenated alkanes) is 1. The van der Waals surface area contributed by atoms with E-state index < -0.39 is 0 Å². The largest absolute Gasteiger partial charge is 0.355 e.